The van der Waals surface area contributed by atoms with Crippen LogP contribution in [0.15, 0.2) is 55.1 Å². The molecule has 1 atom stereocenters. The van der Waals surface area contributed by atoms with Gasteiger partial charge in [0.15, 0.2) is 0 Å². The predicted octanol–water partition coefficient (Wildman–Crippen LogP) is 3.37. The van der Waals surface area contributed by atoms with Crippen LogP contribution in [0.4, 0.5) is 5.69 Å². The molecule has 0 aliphatic heterocycles. The molecule has 8 heteroatoms. The number of aromatic nitrogens is 3. The third kappa shape index (κ3) is 3.62. The number of benzene rings is 2. The van der Waals surface area contributed by atoms with E-state index in [0.29, 0.717) is 5.92 Å². The third-order valence-corrected chi connectivity index (χ3v) is 4.92. The van der Waals surface area contributed by atoms with E-state index in [9.17, 15) is 14.9 Å². The van der Waals surface area contributed by atoms with E-state index < -0.39 is 4.92 Å². The van der Waals surface area contributed by atoms with Gasteiger partial charge >= 0.3 is 0 Å². The number of nitrogens with one attached hydrogen (secondary N) is 1. The number of hydrogen-bond acceptors (Lipinski definition) is 5. The normalized spacial score (nSPS) is 14.5. The molecular formula is C20H19N5O3. The molecule has 0 bridgehead atoms. The number of hydrogen-bond donors (Lipinski definition) is 1. The van der Waals surface area contributed by atoms with E-state index in [1.165, 1.54) is 29.5 Å². The number of amides is 1. The van der Waals surface area contributed by atoms with Crippen LogP contribution in [0.2, 0.25) is 0 Å². The summed E-state index contributed by atoms with van der Waals surface area (Å²) in [5.74, 6) is 0.0711. The topological polar surface area (TPSA) is 103 Å². The molecule has 1 aliphatic carbocycles. The van der Waals surface area contributed by atoms with Gasteiger partial charge in [-0.05, 0) is 43.4 Å². The molecule has 142 valence electrons. The second-order valence-electron chi connectivity index (χ2n) is 7.00. The van der Waals surface area contributed by atoms with Crippen molar-refractivity contribution in [1.82, 2.24) is 20.1 Å². The van der Waals surface area contributed by atoms with E-state index >= 15 is 0 Å². The summed E-state index contributed by atoms with van der Waals surface area (Å²) >= 11 is 0. The highest BCUT2D eigenvalue weighted by Crippen LogP contribution is 2.41. The average molecular weight is 377 g/mol. The maximum atomic E-state index is 12.8. The third-order valence-electron chi connectivity index (χ3n) is 4.92. The van der Waals surface area contributed by atoms with Crippen LogP contribution in [0.1, 0.15) is 40.4 Å². The van der Waals surface area contributed by atoms with Crippen molar-refractivity contribution in [3.05, 3.63) is 81.9 Å². The first-order chi connectivity index (χ1) is 13.5. The Morgan fingerprint density at radius 1 is 1.25 bits per heavy atom. The fraction of sp³-hybridized carbons (Fsp3) is 0.250. The largest absolute Gasteiger partial charge is 0.345 e. The van der Waals surface area contributed by atoms with E-state index in [-0.39, 0.29) is 28.9 Å². The Morgan fingerprint density at radius 3 is 2.61 bits per heavy atom. The Balaban J connectivity index is 1.61. The summed E-state index contributed by atoms with van der Waals surface area (Å²) in [5, 5.41) is 18.5. The zero-order valence-electron chi connectivity index (χ0n) is 15.3. The highest BCUT2D eigenvalue weighted by atomic mass is 16.6. The molecule has 28 heavy (non-hydrogen) atoms. The molecule has 0 radical (unpaired) electrons. The Hall–Kier alpha value is -3.55. The van der Waals surface area contributed by atoms with Gasteiger partial charge in [0.05, 0.1) is 11.0 Å². The number of rotatable bonds is 6. The van der Waals surface area contributed by atoms with Gasteiger partial charge in [0, 0.05) is 11.6 Å². The van der Waals surface area contributed by atoms with Crippen LogP contribution < -0.4 is 5.32 Å². The quantitative estimate of drug-likeness (QED) is 0.524. The van der Waals surface area contributed by atoms with E-state index in [1.807, 2.05) is 31.2 Å². The molecule has 1 amide bonds. The van der Waals surface area contributed by atoms with E-state index in [2.05, 4.69) is 15.4 Å². The van der Waals surface area contributed by atoms with Gasteiger partial charge < -0.3 is 5.32 Å². The lowest BCUT2D eigenvalue weighted by Gasteiger charge is -2.19. The standard InChI is InChI=1S/C20H19N5O3/c1-13-2-4-14(5-3-13)19(15-6-7-15)23-20(26)16-8-9-17(18(10-16)25(27)28)24-12-21-11-22-24/h2-5,8-12,15,19H,6-7H2,1H3,(H,23,26). The number of nitrogens with zero attached hydrogens (tertiary/aromatic N) is 4. The number of nitro groups is 1. The van der Waals surface area contributed by atoms with Gasteiger partial charge in [-0.3, -0.25) is 14.9 Å². The number of carbonyl (C=O) groups is 1. The van der Waals surface area contributed by atoms with Gasteiger partial charge in [-0.1, -0.05) is 29.8 Å². The van der Waals surface area contributed by atoms with Crippen LogP contribution >= 0.6 is 0 Å². The number of nitro benzene ring substituents is 1. The van der Waals surface area contributed by atoms with Gasteiger partial charge in [-0.2, -0.15) is 5.10 Å². The van der Waals surface area contributed by atoms with Crippen molar-refractivity contribution in [3.63, 3.8) is 0 Å². The van der Waals surface area contributed by atoms with Gasteiger partial charge in [0.25, 0.3) is 11.6 Å². The molecule has 8 nitrogen and oxygen atoms in total. The summed E-state index contributed by atoms with van der Waals surface area (Å²) in [4.78, 5) is 27.6. The summed E-state index contributed by atoms with van der Waals surface area (Å²) in [7, 11) is 0. The van der Waals surface area contributed by atoms with E-state index in [0.717, 1.165) is 24.0 Å². The highest BCUT2D eigenvalue weighted by molar-refractivity contribution is 5.95. The molecule has 1 fully saturated rings. The summed E-state index contributed by atoms with van der Waals surface area (Å²) in [5.41, 5.74) is 2.51. The summed E-state index contributed by atoms with van der Waals surface area (Å²) in [6, 6.07) is 12.4. The van der Waals surface area contributed by atoms with Crippen molar-refractivity contribution in [3.8, 4) is 5.69 Å². The Bertz CT molecular complexity index is 1010. The monoisotopic (exact) mass is 377 g/mol. The molecule has 3 aromatic rings. The molecule has 1 unspecified atom stereocenters. The molecule has 4 rings (SSSR count). The van der Waals surface area contributed by atoms with Crippen molar-refractivity contribution < 1.29 is 9.72 Å². The predicted molar refractivity (Wildman–Crippen MR) is 102 cm³/mol. The van der Waals surface area contributed by atoms with Gasteiger partial charge in [-0.15, -0.1) is 0 Å². The second kappa shape index (κ2) is 7.22. The van der Waals surface area contributed by atoms with E-state index in [4.69, 9.17) is 0 Å². The molecule has 1 N–H and O–H groups in total. The van der Waals surface area contributed by atoms with Crippen LogP contribution in [-0.2, 0) is 0 Å². The minimum absolute atomic E-state index is 0.0952. The summed E-state index contributed by atoms with van der Waals surface area (Å²) in [6.07, 6.45) is 4.79. The maximum absolute atomic E-state index is 12.8. The number of carbonyl (C=O) groups excluding carboxylic acids is 1. The second-order valence-corrected chi connectivity index (χ2v) is 7.00. The maximum Gasteiger partial charge on any atom is 0.295 e. The summed E-state index contributed by atoms with van der Waals surface area (Å²) in [6.45, 7) is 2.02. The van der Waals surface area contributed by atoms with Crippen LogP contribution in [-0.4, -0.2) is 25.6 Å². The van der Waals surface area contributed by atoms with Crippen LogP contribution in [0, 0.1) is 23.0 Å². The zero-order chi connectivity index (χ0) is 19.7. The van der Waals surface area contributed by atoms with Crippen molar-refractivity contribution in [2.24, 2.45) is 5.92 Å². The van der Waals surface area contributed by atoms with Crippen molar-refractivity contribution in [2.75, 3.05) is 0 Å². The van der Waals surface area contributed by atoms with Crippen LogP contribution in [0.25, 0.3) is 5.69 Å². The van der Waals surface area contributed by atoms with Gasteiger partial charge in [0.2, 0.25) is 0 Å². The van der Waals surface area contributed by atoms with Crippen LogP contribution in [0.5, 0.6) is 0 Å². The number of aryl methyl sites for hydroxylation is 1. The van der Waals surface area contributed by atoms with Gasteiger partial charge in [0.1, 0.15) is 18.3 Å². The van der Waals surface area contributed by atoms with Gasteiger partial charge in [-0.25, -0.2) is 9.67 Å². The molecule has 1 saturated carbocycles. The first-order valence-corrected chi connectivity index (χ1v) is 9.04. The van der Waals surface area contributed by atoms with E-state index in [1.54, 1.807) is 6.07 Å². The molecule has 1 heterocycles. The van der Waals surface area contributed by atoms with Crippen LogP contribution in [0.3, 0.4) is 0 Å². The molecule has 1 aliphatic rings. The van der Waals surface area contributed by atoms with Crippen molar-refractivity contribution in [2.45, 2.75) is 25.8 Å². The Kier molecular flexibility index (Phi) is 4.60. The van der Waals surface area contributed by atoms with Crippen molar-refractivity contribution in [1.29, 1.82) is 0 Å². The Labute approximate surface area is 161 Å². The fourth-order valence-electron chi connectivity index (χ4n) is 3.24. The molecule has 0 spiro atoms. The summed E-state index contributed by atoms with van der Waals surface area (Å²) < 4.78 is 1.30. The molecular weight excluding hydrogens is 358 g/mol. The lowest BCUT2D eigenvalue weighted by atomic mass is 10.0. The molecule has 2 aromatic carbocycles. The lowest BCUT2D eigenvalue weighted by molar-refractivity contribution is -0.384. The fourth-order valence-corrected chi connectivity index (χ4v) is 3.24. The average Bonchev–Trinajstić information content (AvgIpc) is 3.39. The zero-order valence-corrected chi connectivity index (χ0v) is 15.3. The Morgan fingerprint density at radius 2 is 2.00 bits per heavy atom. The molecule has 0 saturated heterocycles. The highest BCUT2D eigenvalue weighted by Gasteiger charge is 2.34. The van der Waals surface area contributed by atoms with Crippen molar-refractivity contribution >= 4 is 11.6 Å². The lowest BCUT2D eigenvalue weighted by Crippen LogP contribution is -2.30. The smallest absolute Gasteiger partial charge is 0.295 e. The minimum Gasteiger partial charge on any atom is -0.345 e. The minimum atomic E-state index is -0.522. The first kappa shape index (κ1) is 17.8. The first-order valence-electron chi connectivity index (χ1n) is 9.04. The SMILES string of the molecule is Cc1ccc(C(NC(=O)c2ccc(-n3cncn3)c([N+](=O)[O-])c2)C2CC2)cc1. The molecule has 1 aromatic heterocycles.